The van der Waals surface area contributed by atoms with Crippen molar-refractivity contribution in [3.63, 3.8) is 0 Å². The maximum atomic E-state index is 11.8. The van der Waals surface area contributed by atoms with Crippen LogP contribution in [0.3, 0.4) is 0 Å². The van der Waals surface area contributed by atoms with Crippen LogP contribution in [0.4, 0.5) is 5.69 Å². The Morgan fingerprint density at radius 3 is 2.95 bits per heavy atom. The van der Waals surface area contributed by atoms with E-state index in [-0.39, 0.29) is 5.97 Å². The van der Waals surface area contributed by atoms with Crippen LogP contribution in [0.1, 0.15) is 35.2 Å². The molecule has 0 fully saturated rings. The zero-order chi connectivity index (χ0) is 13.7. The van der Waals surface area contributed by atoms with Gasteiger partial charge in [-0.2, -0.15) is 0 Å². The van der Waals surface area contributed by atoms with Crippen LogP contribution in [-0.2, 0) is 4.74 Å². The highest BCUT2D eigenvalue weighted by Crippen LogP contribution is 2.22. The van der Waals surface area contributed by atoms with E-state index in [0.717, 1.165) is 30.6 Å². The van der Waals surface area contributed by atoms with E-state index in [2.05, 4.69) is 17.5 Å². The molecule has 1 aliphatic rings. The van der Waals surface area contributed by atoms with Gasteiger partial charge in [0, 0.05) is 12.2 Å². The number of hydrogen-bond donors (Lipinski definition) is 1. The standard InChI is InChI=1S/C16H21NO2/c1-12-8-9-15(14(10-12)16(18)19-2)17-11-13-6-4-3-5-7-13/h3-4,8-10,13,17H,5-7,11H2,1-2H3. The number of benzene rings is 1. The van der Waals surface area contributed by atoms with E-state index in [1.807, 2.05) is 25.1 Å². The fourth-order valence-electron chi connectivity index (χ4n) is 2.39. The zero-order valence-electron chi connectivity index (χ0n) is 11.6. The Kier molecular flexibility index (Phi) is 4.61. The Balaban J connectivity index is 2.06. The molecule has 1 aromatic carbocycles. The van der Waals surface area contributed by atoms with E-state index < -0.39 is 0 Å². The summed E-state index contributed by atoms with van der Waals surface area (Å²) in [5.74, 6) is 0.367. The highest BCUT2D eigenvalue weighted by atomic mass is 16.5. The first-order valence-corrected chi connectivity index (χ1v) is 6.78. The topological polar surface area (TPSA) is 38.3 Å². The van der Waals surface area contributed by atoms with E-state index in [1.54, 1.807) is 0 Å². The van der Waals surface area contributed by atoms with Crippen molar-refractivity contribution in [1.29, 1.82) is 0 Å². The van der Waals surface area contributed by atoms with Crippen LogP contribution in [0.5, 0.6) is 0 Å². The van der Waals surface area contributed by atoms with Crippen LogP contribution < -0.4 is 5.32 Å². The fraction of sp³-hybridized carbons (Fsp3) is 0.438. The number of esters is 1. The van der Waals surface area contributed by atoms with E-state index in [0.29, 0.717) is 11.5 Å². The number of carbonyl (C=O) groups excluding carboxylic acids is 1. The van der Waals surface area contributed by atoms with Gasteiger partial charge in [-0.15, -0.1) is 0 Å². The second-order valence-corrected chi connectivity index (χ2v) is 5.07. The summed E-state index contributed by atoms with van der Waals surface area (Å²) >= 11 is 0. The molecule has 0 bridgehead atoms. The second-order valence-electron chi connectivity index (χ2n) is 5.07. The van der Waals surface area contributed by atoms with E-state index in [1.165, 1.54) is 13.5 Å². The number of anilines is 1. The van der Waals surface area contributed by atoms with Gasteiger partial charge in [0.1, 0.15) is 0 Å². The minimum absolute atomic E-state index is 0.283. The largest absolute Gasteiger partial charge is 0.465 e. The molecule has 19 heavy (non-hydrogen) atoms. The number of carbonyl (C=O) groups is 1. The van der Waals surface area contributed by atoms with Crippen molar-refractivity contribution in [3.05, 3.63) is 41.5 Å². The van der Waals surface area contributed by atoms with E-state index in [9.17, 15) is 4.79 Å². The first-order valence-electron chi connectivity index (χ1n) is 6.78. The Hall–Kier alpha value is -1.77. The molecule has 3 heteroatoms. The zero-order valence-corrected chi connectivity index (χ0v) is 11.6. The Morgan fingerprint density at radius 1 is 1.42 bits per heavy atom. The average molecular weight is 259 g/mol. The van der Waals surface area contributed by atoms with Crippen LogP contribution in [0.2, 0.25) is 0 Å². The van der Waals surface area contributed by atoms with Crippen molar-refractivity contribution in [2.45, 2.75) is 26.2 Å². The van der Waals surface area contributed by atoms with Gasteiger partial charge in [-0.3, -0.25) is 0 Å². The number of nitrogens with one attached hydrogen (secondary N) is 1. The molecule has 2 rings (SSSR count). The highest BCUT2D eigenvalue weighted by molar-refractivity contribution is 5.95. The molecule has 3 nitrogen and oxygen atoms in total. The molecular weight excluding hydrogens is 238 g/mol. The quantitative estimate of drug-likeness (QED) is 0.664. The lowest BCUT2D eigenvalue weighted by Gasteiger charge is -2.20. The molecule has 0 aliphatic heterocycles. The number of methoxy groups -OCH3 is 1. The van der Waals surface area contributed by atoms with Crippen LogP contribution >= 0.6 is 0 Å². The molecule has 1 aliphatic carbocycles. The SMILES string of the molecule is COC(=O)c1cc(C)ccc1NCC1CC=CCC1. The summed E-state index contributed by atoms with van der Waals surface area (Å²) in [5, 5.41) is 3.39. The number of aryl methyl sites for hydroxylation is 1. The maximum absolute atomic E-state index is 11.8. The van der Waals surface area contributed by atoms with Crippen LogP contribution in [-0.4, -0.2) is 19.6 Å². The maximum Gasteiger partial charge on any atom is 0.339 e. The van der Waals surface area contributed by atoms with Gasteiger partial charge < -0.3 is 10.1 Å². The van der Waals surface area contributed by atoms with Crippen molar-refractivity contribution < 1.29 is 9.53 Å². The molecule has 1 atom stereocenters. The molecule has 0 aromatic heterocycles. The summed E-state index contributed by atoms with van der Waals surface area (Å²) in [6.07, 6.45) is 7.97. The summed E-state index contributed by atoms with van der Waals surface area (Å²) in [7, 11) is 1.42. The van der Waals surface area contributed by atoms with Crippen molar-refractivity contribution in [2.24, 2.45) is 5.92 Å². The summed E-state index contributed by atoms with van der Waals surface area (Å²) in [5.41, 5.74) is 2.55. The molecule has 1 unspecified atom stereocenters. The van der Waals surface area contributed by atoms with Crippen LogP contribution in [0.15, 0.2) is 30.4 Å². The second kappa shape index (κ2) is 6.41. The Labute approximate surface area is 114 Å². The lowest BCUT2D eigenvalue weighted by molar-refractivity contribution is 0.0601. The average Bonchev–Trinajstić information content (AvgIpc) is 2.46. The molecule has 1 aromatic rings. The summed E-state index contributed by atoms with van der Waals surface area (Å²) in [6, 6.07) is 5.84. The molecule has 1 N–H and O–H groups in total. The summed E-state index contributed by atoms with van der Waals surface area (Å²) < 4.78 is 4.83. The highest BCUT2D eigenvalue weighted by Gasteiger charge is 2.14. The van der Waals surface area contributed by atoms with Gasteiger partial charge in [-0.25, -0.2) is 4.79 Å². The lowest BCUT2D eigenvalue weighted by Crippen LogP contribution is -2.17. The molecular formula is C16H21NO2. The van der Waals surface area contributed by atoms with E-state index in [4.69, 9.17) is 4.74 Å². The van der Waals surface area contributed by atoms with E-state index >= 15 is 0 Å². The predicted molar refractivity (Wildman–Crippen MR) is 77.5 cm³/mol. The number of allylic oxidation sites excluding steroid dienone is 2. The molecule has 0 saturated heterocycles. The number of ether oxygens (including phenoxy) is 1. The van der Waals surface area contributed by atoms with Crippen molar-refractivity contribution in [2.75, 3.05) is 19.0 Å². The fourth-order valence-corrected chi connectivity index (χ4v) is 2.39. The van der Waals surface area contributed by atoms with Crippen molar-refractivity contribution in [1.82, 2.24) is 0 Å². The minimum Gasteiger partial charge on any atom is -0.465 e. The Bertz CT molecular complexity index is 480. The van der Waals surface area contributed by atoms with Crippen LogP contribution in [0, 0.1) is 12.8 Å². The molecule has 0 heterocycles. The van der Waals surface area contributed by atoms with Crippen molar-refractivity contribution >= 4 is 11.7 Å². The van der Waals surface area contributed by atoms with Gasteiger partial charge in [0.2, 0.25) is 0 Å². The number of hydrogen-bond acceptors (Lipinski definition) is 3. The molecule has 0 saturated carbocycles. The normalized spacial score (nSPS) is 18.1. The third-order valence-electron chi connectivity index (χ3n) is 3.54. The lowest BCUT2D eigenvalue weighted by atomic mass is 9.94. The molecule has 102 valence electrons. The smallest absolute Gasteiger partial charge is 0.339 e. The minimum atomic E-state index is -0.283. The molecule has 0 amide bonds. The summed E-state index contributed by atoms with van der Waals surface area (Å²) in [4.78, 5) is 11.8. The predicted octanol–water partition coefficient (Wildman–Crippen LogP) is 3.55. The monoisotopic (exact) mass is 259 g/mol. The third-order valence-corrected chi connectivity index (χ3v) is 3.54. The van der Waals surface area contributed by atoms with Crippen LogP contribution in [0.25, 0.3) is 0 Å². The first-order chi connectivity index (χ1) is 9.20. The summed E-state index contributed by atoms with van der Waals surface area (Å²) in [6.45, 7) is 2.87. The molecule has 0 radical (unpaired) electrons. The van der Waals surface area contributed by atoms with Gasteiger partial charge in [0.25, 0.3) is 0 Å². The van der Waals surface area contributed by atoms with Gasteiger partial charge in [0.15, 0.2) is 0 Å². The van der Waals surface area contributed by atoms with Gasteiger partial charge >= 0.3 is 5.97 Å². The van der Waals surface area contributed by atoms with Gasteiger partial charge in [-0.05, 0) is 44.2 Å². The molecule has 0 spiro atoms. The van der Waals surface area contributed by atoms with Gasteiger partial charge in [0.05, 0.1) is 12.7 Å². The third kappa shape index (κ3) is 3.60. The van der Waals surface area contributed by atoms with Gasteiger partial charge in [-0.1, -0.05) is 23.8 Å². The Morgan fingerprint density at radius 2 is 2.26 bits per heavy atom. The number of rotatable bonds is 4. The first kappa shape index (κ1) is 13.7. The van der Waals surface area contributed by atoms with Crippen molar-refractivity contribution in [3.8, 4) is 0 Å².